The standard InChI is InChI=1S/C66H51BN2/c1-39-17-15-18-40(2)65(39)69-59-37-53-52(61(42-19-7-5-8-20-42)49-24-11-12-25-50(49)62(53)43-21-9-6-10-22-43)36-58(59)67-57-28-16-26-48-45(31-32-51(63(48)57)54-33-41(38-68)34-60(69)64(54)67)44-29-30-47-46-23-13-14-27-55(46)66(3,4)56(47)35-44/h5-10,13-23,26-37,39,65H,11-12,24-25H2,1-4H3. The van der Waals surface area contributed by atoms with Crippen LogP contribution in [0.3, 0.4) is 0 Å². The molecule has 2 aliphatic heterocycles. The van der Waals surface area contributed by atoms with Gasteiger partial charge in [-0.15, -0.1) is 0 Å². The summed E-state index contributed by atoms with van der Waals surface area (Å²) in [5.74, 6) is 0.237. The largest absolute Gasteiger partial charge is 0.335 e. The van der Waals surface area contributed by atoms with Gasteiger partial charge in [-0.05, 0) is 173 Å². The van der Waals surface area contributed by atoms with Crippen molar-refractivity contribution in [2.45, 2.75) is 64.8 Å². The fraction of sp³-hybridized carbons (Fsp3) is 0.167. The van der Waals surface area contributed by atoms with Gasteiger partial charge in [0.05, 0.1) is 17.7 Å². The molecule has 5 aliphatic rings. The second-order valence-electron chi connectivity index (χ2n) is 20.9. The van der Waals surface area contributed by atoms with Gasteiger partial charge in [0.2, 0.25) is 6.71 Å². The van der Waals surface area contributed by atoms with Gasteiger partial charge in [0.1, 0.15) is 0 Å². The smallest absolute Gasteiger partial charge is 0.248 e. The first-order chi connectivity index (χ1) is 33.8. The van der Waals surface area contributed by atoms with Gasteiger partial charge in [-0.1, -0.05) is 183 Å². The third-order valence-corrected chi connectivity index (χ3v) is 16.9. The number of fused-ring (bicyclic) bond motifs is 9. The van der Waals surface area contributed by atoms with Crippen LogP contribution in [0.2, 0.25) is 0 Å². The molecule has 328 valence electrons. The molecule has 69 heavy (non-hydrogen) atoms. The molecule has 9 aromatic rings. The van der Waals surface area contributed by atoms with Crippen LogP contribution in [0, 0.1) is 17.2 Å². The van der Waals surface area contributed by atoms with Crippen LogP contribution in [0.4, 0.5) is 11.4 Å². The van der Waals surface area contributed by atoms with E-state index in [0.29, 0.717) is 5.56 Å². The van der Waals surface area contributed by atoms with Gasteiger partial charge in [0.15, 0.2) is 0 Å². The number of allylic oxidation sites excluding steroid dienone is 2. The molecule has 3 heteroatoms. The summed E-state index contributed by atoms with van der Waals surface area (Å²) in [5.41, 5.74) is 27.0. The number of hydrogen-bond acceptors (Lipinski definition) is 2. The van der Waals surface area contributed by atoms with Crippen molar-refractivity contribution >= 4 is 56.0 Å². The van der Waals surface area contributed by atoms with Crippen molar-refractivity contribution in [2.24, 2.45) is 5.92 Å². The van der Waals surface area contributed by atoms with E-state index in [2.05, 4.69) is 215 Å². The molecule has 0 aromatic heterocycles. The molecule has 9 aromatic carbocycles. The molecule has 0 bridgehead atoms. The third-order valence-electron chi connectivity index (χ3n) is 16.9. The van der Waals surface area contributed by atoms with Gasteiger partial charge in [-0.25, -0.2) is 0 Å². The lowest BCUT2D eigenvalue weighted by Crippen LogP contribution is -2.61. The van der Waals surface area contributed by atoms with Gasteiger partial charge in [0, 0.05) is 16.8 Å². The number of rotatable bonds is 4. The van der Waals surface area contributed by atoms with E-state index >= 15 is 0 Å². The van der Waals surface area contributed by atoms with Crippen molar-refractivity contribution in [3.63, 3.8) is 0 Å². The van der Waals surface area contributed by atoms with Gasteiger partial charge >= 0.3 is 0 Å². The van der Waals surface area contributed by atoms with E-state index in [1.807, 2.05) is 0 Å². The number of nitriles is 1. The second-order valence-corrected chi connectivity index (χ2v) is 20.9. The highest BCUT2D eigenvalue weighted by molar-refractivity contribution is 7.01. The molecule has 0 spiro atoms. The average molecular weight is 883 g/mol. The molecule has 14 rings (SSSR count). The Morgan fingerprint density at radius 1 is 0.580 bits per heavy atom. The fourth-order valence-corrected chi connectivity index (χ4v) is 13.9. The van der Waals surface area contributed by atoms with Gasteiger partial charge in [-0.2, -0.15) is 5.26 Å². The quantitative estimate of drug-likeness (QED) is 0.165. The van der Waals surface area contributed by atoms with Crippen LogP contribution >= 0.6 is 0 Å². The monoisotopic (exact) mass is 882 g/mol. The normalized spacial score (nSPS) is 17.7. The van der Waals surface area contributed by atoms with Crippen LogP contribution in [0.1, 0.15) is 68.4 Å². The van der Waals surface area contributed by atoms with E-state index in [1.165, 1.54) is 140 Å². The molecular weight excluding hydrogens is 832 g/mol. The Morgan fingerprint density at radius 2 is 1.25 bits per heavy atom. The molecular formula is C66H51BN2. The fourth-order valence-electron chi connectivity index (χ4n) is 13.9. The van der Waals surface area contributed by atoms with E-state index in [-0.39, 0.29) is 24.1 Å². The lowest BCUT2D eigenvalue weighted by atomic mass is 9.32. The molecule has 0 saturated carbocycles. The maximum Gasteiger partial charge on any atom is 0.248 e. The molecule has 2 nitrogen and oxygen atoms in total. The predicted molar refractivity (Wildman–Crippen MR) is 291 cm³/mol. The van der Waals surface area contributed by atoms with E-state index in [1.54, 1.807) is 0 Å². The predicted octanol–water partition coefficient (Wildman–Crippen LogP) is 14.5. The van der Waals surface area contributed by atoms with E-state index in [4.69, 9.17) is 0 Å². The summed E-state index contributed by atoms with van der Waals surface area (Å²) in [5, 5.41) is 16.2. The van der Waals surface area contributed by atoms with Crippen LogP contribution < -0.4 is 21.3 Å². The first-order valence-electron chi connectivity index (χ1n) is 25.1. The number of hydrogen-bond donors (Lipinski definition) is 0. The summed E-state index contributed by atoms with van der Waals surface area (Å²) in [6.07, 6.45) is 11.4. The minimum atomic E-state index is -0.102. The maximum absolute atomic E-state index is 11.0. The lowest BCUT2D eigenvalue weighted by molar-refractivity contribution is 0.583. The summed E-state index contributed by atoms with van der Waals surface area (Å²) >= 11 is 0. The second kappa shape index (κ2) is 14.9. The molecule has 0 amide bonds. The van der Waals surface area contributed by atoms with Crippen molar-refractivity contribution < 1.29 is 0 Å². The Balaban J connectivity index is 1.10. The number of anilines is 2. The maximum atomic E-state index is 11.0. The molecule has 2 heterocycles. The van der Waals surface area contributed by atoms with Crippen molar-refractivity contribution in [1.82, 2.24) is 0 Å². The summed E-state index contributed by atoms with van der Waals surface area (Å²) in [7, 11) is 0. The Bertz CT molecular complexity index is 3810. The average Bonchev–Trinajstić information content (AvgIpc) is 3.61. The summed E-state index contributed by atoms with van der Waals surface area (Å²) in [6.45, 7) is 9.35. The number of benzene rings is 9. The SMILES string of the molecule is CC1=CC=CC(C)C1N1c2cc3c(-c4ccccc4)c4c(c(-c5ccccc5)c3cc2B2c3c(cc(C#N)cc31)-c1ccc(-c3ccc5c(c3)C(C)(C)c3ccccc3-5)c3cccc2c13)CCCC4. The summed E-state index contributed by atoms with van der Waals surface area (Å²) in [4.78, 5) is 2.66. The van der Waals surface area contributed by atoms with Crippen LogP contribution in [0.25, 0.3) is 77.2 Å². The summed E-state index contributed by atoms with van der Waals surface area (Å²) < 4.78 is 0. The van der Waals surface area contributed by atoms with Crippen molar-refractivity contribution in [3.05, 3.63) is 209 Å². The summed E-state index contributed by atoms with van der Waals surface area (Å²) in [6, 6.07) is 62.6. The molecule has 3 aliphatic carbocycles. The highest BCUT2D eigenvalue weighted by Crippen LogP contribution is 2.52. The van der Waals surface area contributed by atoms with Crippen LogP contribution in [-0.2, 0) is 18.3 Å². The van der Waals surface area contributed by atoms with Crippen LogP contribution in [0.15, 0.2) is 182 Å². The number of nitrogens with zero attached hydrogens (tertiary/aromatic N) is 2. The minimum absolute atomic E-state index is 0.0585. The van der Waals surface area contributed by atoms with E-state index in [0.717, 1.165) is 18.5 Å². The minimum Gasteiger partial charge on any atom is -0.335 e. The molecule has 2 atom stereocenters. The zero-order valence-electron chi connectivity index (χ0n) is 39.7. The molecule has 0 saturated heterocycles. The molecule has 0 radical (unpaired) electrons. The Kier molecular flexibility index (Phi) is 8.74. The van der Waals surface area contributed by atoms with Crippen LogP contribution in [-0.4, -0.2) is 12.8 Å². The highest BCUT2D eigenvalue weighted by Gasteiger charge is 2.45. The Labute approximate surface area is 406 Å². The van der Waals surface area contributed by atoms with E-state index < -0.39 is 0 Å². The Morgan fingerprint density at radius 3 is 1.97 bits per heavy atom. The zero-order chi connectivity index (χ0) is 46.3. The van der Waals surface area contributed by atoms with Crippen LogP contribution in [0.5, 0.6) is 0 Å². The third kappa shape index (κ3) is 5.67. The van der Waals surface area contributed by atoms with Crippen molar-refractivity contribution in [2.75, 3.05) is 4.90 Å². The molecule has 0 N–H and O–H groups in total. The van der Waals surface area contributed by atoms with Crippen molar-refractivity contribution in [1.29, 1.82) is 5.26 Å². The Hall–Kier alpha value is -7.67. The van der Waals surface area contributed by atoms with Gasteiger partial charge in [0.25, 0.3) is 0 Å². The first kappa shape index (κ1) is 40.4. The zero-order valence-corrected chi connectivity index (χ0v) is 39.7. The van der Waals surface area contributed by atoms with Gasteiger partial charge in [-0.3, -0.25) is 0 Å². The highest BCUT2D eigenvalue weighted by atomic mass is 15.2. The molecule has 2 unspecified atom stereocenters. The first-order valence-corrected chi connectivity index (χ1v) is 25.1. The van der Waals surface area contributed by atoms with E-state index in [9.17, 15) is 5.26 Å². The topological polar surface area (TPSA) is 27.0 Å². The lowest BCUT2D eigenvalue weighted by Gasteiger charge is -2.46. The van der Waals surface area contributed by atoms with Crippen molar-refractivity contribution in [3.8, 4) is 61.7 Å². The van der Waals surface area contributed by atoms with Gasteiger partial charge < -0.3 is 4.90 Å². The molecule has 0 fully saturated rings.